The lowest BCUT2D eigenvalue weighted by molar-refractivity contribution is -0.143. The highest BCUT2D eigenvalue weighted by molar-refractivity contribution is 5.84. The predicted octanol–water partition coefficient (Wildman–Crippen LogP) is 0.0980. The average molecular weight is 382 g/mol. The topological polar surface area (TPSA) is 162 Å². The Labute approximate surface area is 155 Å². The van der Waals surface area contributed by atoms with Crippen LogP contribution >= 0.6 is 0 Å². The van der Waals surface area contributed by atoms with Gasteiger partial charge in [-0.05, 0) is 12.0 Å². The van der Waals surface area contributed by atoms with Crippen LogP contribution < -0.4 is 10.6 Å². The molecule has 0 heterocycles. The van der Waals surface area contributed by atoms with Gasteiger partial charge in [0.15, 0.2) is 0 Å². The lowest BCUT2D eigenvalue weighted by Crippen LogP contribution is -2.43. The molecule has 0 aliphatic carbocycles. The first-order valence-electron chi connectivity index (χ1n) is 8.14. The molecule has 0 aliphatic heterocycles. The Morgan fingerprint density at radius 1 is 1.07 bits per heavy atom. The van der Waals surface area contributed by atoms with Crippen molar-refractivity contribution in [3.63, 3.8) is 0 Å². The second-order valence-electron chi connectivity index (χ2n) is 5.69. The van der Waals surface area contributed by atoms with Gasteiger partial charge in [-0.25, -0.2) is 9.59 Å². The molecule has 0 aromatic heterocycles. The molecule has 0 spiro atoms. The molecule has 1 rings (SSSR count). The maximum atomic E-state index is 11.7. The summed E-state index contributed by atoms with van der Waals surface area (Å²) < 4.78 is 4.94. The number of aliphatic hydroxyl groups is 1. The van der Waals surface area contributed by atoms with Crippen molar-refractivity contribution < 1.29 is 39.2 Å². The number of nitrogens with one attached hydrogen (secondary N) is 2. The maximum absolute atomic E-state index is 11.7. The zero-order valence-corrected chi connectivity index (χ0v) is 14.5. The molecule has 0 fully saturated rings. The Balaban J connectivity index is 2.30. The lowest BCUT2D eigenvalue weighted by Gasteiger charge is -2.16. The summed E-state index contributed by atoms with van der Waals surface area (Å²) in [6.07, 6.45) is -3.20. The molecule has 1 aromatic rings. The summed E-state index contributed by atoms with van der Waals surface area (Å²) in [4.78, 5) is 44.8. The number of hydrogen-bond donors (Lipinski definition) is 5. The van der Waals surface area contributed by atoms with Crippen LogP contribution in [0.4, 0.5) is 4.79 Å². The number of carbonyl (C=O) groups is 4. The first-order valence-corrected chi connectivity index (χ1v) is 8.14. The van der Waals surface area contributed by atoms with Gasteiger partial charge in [-0.2, -0.15) is 0 Å². The number of aliphatic hydroxyl groups excluding tert-OH is 1. The van der Waals surface area contributed by atoms with E-state index < -0.39 is 48.9 Å². The number of aliphatic carboxylic acids is 2. The molecule has 10 nitrogen and oxygen atoms in total. The highest BCUT2D eigenvalue weighted by Gasteiger charge is 2.22. The molecule has 5 N–H and O–H groups in total. The number of carboxylic acid groups (broad SMARTS) is 2. The highest BCUT2D eigenvalue weighted by atomic mass is 16.5. The lowest BCUT2D eigenvalue weighted by atomic mass is 10.1. The zero-order chi connectivity index (χ0) is 20.2. The first kappa shape index (κ1) is 21.9. The maximum Gasteiger partial charge on any atom is 0.407 e. The monoisotopic (exact) mass is 382 g/mol. The van der Waals surface area contributed by atoms with E-state index in [-0.39, 0.29) is 19.6 Å². The number of rotatable bonds is 11. The van der Waals surface area contributed by atoms with Crippen LogP contribution in [-0.4, -0.2) is 57.9 Å². The minimum atomic E-state index is -1.37. The number of carboxylic acids is 2. The second kappa shape index (κ2) is 11.5. The summed E-state index contributed by atoms with van der Waals surface area (Å²) in [5, 5.41) is 31.7. The molecule has 0 radical (unpaired) electrons. The third-order valence-corrected chi connectivity index (χ3v) is 3.40. The molecular weight excluding hydrogens is 360 g/mol. The standard InChI is InChI=1S/C17H22N2O8/c20-12(8-14(21)19-13(16(24)25)6-7-15(22)23)9-18-17(26)27-10-11-4-2-1-3-5-11/h1-5,12-13,20H,6-10H2,(H,18,26)(H,19,21)(H,22,23)(H,24,25)/t12-,13+/m1/s1. The van der Waals surface area contributed by atoms with E-state index in [1.165, 1.54) is 0 Å². The third kappa shape index (κ3) is 9.80. The number of alkyl carbamates (subject to hydrolysis) is 1. The molecule has 2 amide bonds. The van der Waals surface area contributed by atoms with Gasteiger partial charge in [0.05, 0.1) is 12.5 Å². The van der Waals surface area contributed by atoms with E-state index in [0.717, 1.165) is 5.56 Å². The second-order valence-corrected chi connectivity index (χ2v) is 5.69. The number of carbonyl (C=O) groups excluding carboxylic acids is 2. The van der Waals surface area contributed by atoms with E-state index in [9.17, 15) is 24.3 Å². The summed E-state index contributed by atoms with van der Waals surface area (Å²) in [5.41, 5.74) is 0.786. The smallest absolute Gasteiger partial charge is 0.407 e. The number of benzene rings is 1. The fourth-order valence-electron chi connectivity index (χ4n) is 2.04. The molecule has 1 aromatic carbocycles. The quantitative estimate of drug-likeness (QED) is 0.360. The van der Waals surface area contributed by atoms with Crippen LogP contribution in [0.1, 0.15) is 24.8 Å². The van der Waals surface area contributed by atoms with Gasteiger partial charge in [0.25, 0.3) is 0 Å². The summed E-state index contributed by atoms with van der Waals surface area (Å²) in [6, 6.07) is 7.58. The molecule has 27 heavy (non-hydrogen) atoms. The minimum absolute atomic E-state index is 0.0487. The average Bonchev–Trinajstić information content (AvgIpc) is 2.62. The molecule has 10 heteroatoms. The van der Waals surface area contributed by atoms with Gasteiger partial charge in [-0.3, -0.25) is 9.59 Å². The highest BCUT2D eigenvalue weighted by Crippen LogP contribution is 2.02. The van der Waals surface area contributed by atoms with Crippen LogP contribution in [0.3, 0.4) is 0 Å². The number of amides is 2. The largest absolute Gasteiger partial charge is 0.481 e. The Bertz CT molecular complexity index is 650. The van der Waals surface area contributed by atoms with Crippen LogP contribution in [0.5, 0.6) is 0 Å². The summed E-state index contributed by atoms with van der Waals surface area (Å²) in [7, 11) is 0. The van der Waals surface area contributed by atoms with Crippen molar-refractivity contribution in [2.45, 2.75) is 38.0 Å². The van der Waals surface area contributed by atoms with Crippen molar-refractivity contribution in [3.05, 3.63) is 35.9 Å². The Morgan fingerprint density at radius 2 is 1.74 bits per heavy atom. The molecule has 2 atom stereocenters. The van der Waals surface area contributed by atoms with E-state index in [4.69, 9.17) is 14.9 Å². The van der Waals surface area contributed by atoms with Crippen molar-refractivity contribution in [2.75, 3.05) is 6.54 Å². The fraction of sp³-hybridized carbons (Fsp3) is 0.412. The molecule has 0 saturated carbocycles. The van der Waals surface area contributed by atoms with Crippen molar-refractivity contribution in [3.8, 4) is 0 Å². The molecule has 0 bridgehead atoms. The number of ether oxygens (including phenoxy) is 1. The van der Waals surface area contributed by atoms with Gasteiger partial charge in [-0.1, -0.05) is 30.3 Å². The van der Waals surface area contributed by atoms with Gasteiger partial charge >= 0.3 is 18.0 Å². The van der Waals surface area contributed by atoms with Crippen LogP contribution in [0.2, 0.25) is 0 Å². The van der Waals surface area contributed by atoms with Gasteiger partial charge in [0.2, 0.25) is 5.91 Å². The van der Waals surface area contributed by atoms with E-state index in [0.29, 0.717) is 0 Å². The number of hydrogen-bond acceptors (Lipinski definition) is 6. The van der Waals surface area contributed by atoms with Crippen LogP contribution in [0, 0.1) is 0 Å². The van der Waals surface area contributed by atoms with Crippen molar-refractivity contribution >= 4 is 23.9 Å². The molecule has 148 valence electrons. The summed E-state index contributed by atoms with van der Waals surface area (Å²) in [5.74, 6) is -3.34. The molecule has 0 unspecified atom stereocenters. The summed E-state index contributed by atoms with van der Waals surface area (Å²) >= 11 is 0. The first-order chi connectivity index (χ1) is 12.8. The van der Waals surface area contributed by atoms with Crippen LogP contribution in [0.15, 0.2) is 30.3 Å². The normalized spacial score (nSPS) is 12.5. The predicted molar refractivity (Wildman–Crippen MR) is 91.7 cm³/mol. The van der Waals surface area contributed by atoms with Crippen LogP contribution in [-0.2, 0) is 25.7 Å². The van der Waals surface area contributed by atoms with Gasteiger partial charge in [0.1, 0.15) is 12.6 Å². The fourth-order valence-corrected chi connectivity index (χ4v) is 2.04. The third-order valence-electron chi connectivity index (χ3n) is 3.40. The van der Waals surface area contributed by atoms with E-state index >= 15 is 0 Å². The Kier molecular flexibility index (Phi) is 9.30. The molecule has 0 saturated heterocycles. The van der Waals surface area contributed by atoms with Crippen LogP contribution in [0.25, 0.3) is 0 Å². The van der Waals surface area contributed by atoms with Crippen molar-refractivity contribution in [1.29, 1.82) is 0 Å². The van der Waals surface area contributed by atoms with E-state index in [1.54, 1.807) is 24.3 Å². The van der Waals surface area contributed by atoms with Gasteiger partial charge in [0, 0.05) is 13.0 Å². The summed E-state index contributed by atoms with van der Waals surface area (Å²) in [6.45, 7) is -0.221. The van der Waals surface area contributed by atoms with E-state index in [2.05, 4.69) is 10.6 Å². The van der Waals surface area contributed by atoms with Gasteiger partial charge < -0.3 is 30.7 Å². The molecular formula is C17H22N2O8. The molecule has 0 aliphatic rings. The Morgan fingerprint density at radius 3 is 2.33 bits per heavy atom. The SMILES string of the molecule is O=C(O)CC[C@H](NC(=O)C[C@@H](O)CNC(=O)OCc1ccccc1)C(=O)O. The minimum Gasteiger partial charge on any atom is -0.481 e. The zero-order valence-electron chi connectivity index (χ0n) is 14.5. The van der Waals surface area contributed by atoms with Crippen molar-refractivity contribution in [1.82, 2.24) is 10.6 Å². The van der Waals surface area contributed by atoms with E-state index in [1.807, 2.05) is 6.07 Å². The van der Waals surface area contributed by atoms with Gasteiger partial charge in [-0.15, -0.1) is 0 Å². The Hall–Kier alpha value is -3.14. The van der Waals surface area contributed by atoms with Crippen molar-refractivity contribution in [2.24, 2.45) is 0 Å².